The zero-order chi connectivity index (χ0) is 6.27. The van der Waals surface area contributed by atoms with Gasteiger partial charge in [-0.1, -0.05) is 0 Å². The number of nitrogens with zero attached hydrogens (tertiary/aromatic N) is 3. The molecule has 0 saturated carbocycles. The van der Waals surface area contributed by atoms with Crippen LogP contribution in [0.1, 0.15) is 5.82 Å². The number of fused-ring (bicyclic) bond motifs is 1. The first-order valence-corrected chi connectivity index (χ1v) is 3.11. The minimum Gasteiger partial charge on any atom is -0.314 e. The van der Waals surface area contributed by atoms with Crippen molar-refractivity contribution < 1.29 is 0 Å². The van der Waals surface area contributed by atoms with Gasteiger partial charge in [0.15, 0.2) is 0 Å². The molecule has 0 atom stereocenters. The van der Waals surface area contributed by atoms with Gasteiger partial charge in [-0.2, -0.15) is 0 Å². The van der Waals surface area contributed by atoms with Crippen LogP contribution in [0.15, 0.2) is 12.4 Å². The van der Waals surface area contributed by atoms with E-state index >= 15 is 0 Å². The van der Waals surface area contributed by atoms with Crippen molar-refractivity contribution >= 4 is 0 Å². The maximum Gasteiger partial charge on any atom is 0.129 e. The molecule has 0 amide bonds. The number of imidazole rings is 1. The summed E-state index contributed by atoms with van der Waals surface area (Å²) in [6.45, 7) is 1.10. The van der Waals surface area contributed by atoms with E-state index in [2.05, 4.69) is 21.7 Å². The van der Waals surface area contributed by atoms with Crippen molar-refractivity contribution in [3.63, 3.8) is 0 Å². The number of likely N-dealkylation sites (N-methyl/N-ethyl adjacent to an activating group) is 1. The van der Waals surface area contributed by atoms with Crippen LogP contribution in [0.2, 0.25) is 0 Å². The van der Waals surface area contributed by atoms with E-state index < -0.39 is 0 Å². The number of rotatable bonds is 0. The van der Waals surface area contributed by atoms with E-state index in [1.807, 2.05) is 12.4 Å². The van der Waals surface area contributed by atoms with Crippen LogP contribution in [0.3, 0.4) is 0 Å². The van der Waals surface area contributed by atoms with E-state index in [0.29, 0.717) is 0 Å². The molecule has 0 bridgehead atoms. The summed E-state index contributed by atoms with van der Waals surface area (Å²) in [7, 11) is 2.07. The highest BCUT2D eigenvalue weighted by atomic mass is 15.6. The molecule has 2 heterocycles. The van der Waals surface area contributed by atoms with Crippen LogP contribution in [0.4, 0.5) is 0 Å². The van der Waals surface area contributed by atoms with Gasteiger partial charge >= 0.3 is 0 Å². The first-order chi connectivity index (χ1) is 4.38. The third-order valence-electron chi connectivity index (χ3n) is 1.72. The van der Waals surface area contributed by atoms with Crippen LogP contribution >= 0.6 is 0 Å². The highest BCUT2D eigenvalue weighted by molar-refractivity contribution is 5.05. The van der Waals surface area contributed by atoms with Crippen LogP contribution in [0.5, 0.6) is 0 Å². The van der Waals surface area contributed by atoms with Crippen molar-refractivity contribution in [1.82, 2.24) is 9.66 Å². The summed E-state index contributed by atoms with van der Waals surface area (Å²) in [6.07, 6.45) is 4.91. The number of hydrogen-bond donors (Lipinski definition) is 0. The Morgan fingerprint density at radius 1 is 1.67 bits per heavy atom. The van der Waals surface area contributed by atoms with Gasteiger partial charge in [0, 0.05) is 32.4 Å². The monoisotopic (exact) mass is 123 g/mol. The molecule has 1 aromatic rings. The summed E-state index contributed by atoms with van der Waals surface area (Å²) in [4.78, 5) is 4.17. The highest BCUT2D eigenvalue weighted by Gasteiger charge is 2.13. The van der Waals surface area contributed by atoms with Gasteiger partial charge in [0.2, 0.25) is 0 Å². The molecule has 48 valence electrons. The van der Waals surface area contributed by atoms with E-state index in [9.17, 15) is 0 Å². The van der Waals surface area contributed by atoms with E-state index in [4.69, 9.17) is 0 Å². The molecule has 0 fully saturated rings. The second-order valence-corrected chi connectivity index (χ2v) is 2.32. The maximum absolute atomic E-state index is 4.17. The summed E-state index contributed by atoms with van der Waals surface area (Å²) in [5.41, 5.74) is 0. The molecular weight excluding hydrogens is 114 g/mol. The molecule has 0 unspecified atom stereocenters. The Morgan fingerprint density at radius 3 is 3.33 bits per heavy atom. The predicted octanol–water partition coefficient (Wildman–Crippen LogP) is 0.00700. The quantitative estimate of drug-likeness (QED) is 0.484. The van der Waals surface area contributed by atoms with Crippen molar-refractivity contribution in [2.45, 2.75) is 6.42 Å². The minimum absolute atomic E-state index is 1.09. The lowest BCUT2D eigenvalue weighted by atomic mass is 10.4. The minimum atomic E-state index is 1.09. The van der Waals surface area contributed by atoms with Crippen LogP contribution in [0.25, 0.3) is 0 Å². The molecule has 1 aromatic heterocycles. The summed E-state index contributed by atoms with van der Waals surface area (Å²) in [5, 5.41) is 2.16. The molecule has 0 spiro atoms. The standard InChI is InChI=1S/C6H9N3/c1-8-4-2-6-7-3-5-9(6)8/h3,5H,2,4H2,1H3. The molecule has 0 aliphatic carbocycles. The molecule has 0 N–H and O–H groups in total. The van der Waals surface area contributed by atoms with Gasteiger partial charge in [-0.05, 0) is 0 Å². The third-order valence-corrected chi connectivity index (χ3v) is 1.72. The third kappa shape index (κ3) is 0.542. The van der Waals surface area contributed by atoms with Gasteiger partial charge in [0.05, 0.1) is 0 Å². The first kappa shape index (κ1) is 4.85. The molecular formula is C6H9N3. The van der Waals surface area contributed by atoms with E-state index in [1.165, 1.54) is 5.82 Å². The Bertz CT molecular complexity index is 216. The van der Waals surface area contributed by atoms with Gasteiger partial charge in [-0.15, -0.1) is 0 Å². The van der Waals surface area contributed by atoms with Crippen molar-refractivity contribution in [2.24, 2.45) is 0 Å². The average Bonchev–Trinajstić information content (AvgIpc) is 2.35. The summed E-state index contributed by atoms with van der Waals surface area (Å²) >= 11 is 0. The zero-order valence-electron chi connectivity index (χ0n) is 5.41. The molecule has 0 aromatic carbocycles. The maximum atomic E-state index is 4.17. The molecule has 1 aliphatic heterocycles. The van der Waals surface area contributed by atoms with Gasteiger partial charge in [-0.3, -0.25) is 0 Å². The summed E-state index contributed by atoms with van der Waals surface area (Å²) in [5.74, 6) is 1.18. The smallest absolute Gasteiger partial charge is 0.129 e. The molecule has 9 heavy (non-hydrogen) atoms. The number of aromatic nitrogens is 2. The summed E-state index contributed by atoms with van der Waals surface area (Å²) in [6, 6.07) is 0. The van der Waals surface area contributed by atoms with Crippen molar-refractivity contribution in [2.75, 3.05) is 18.6 Å². The van der Waals surface area contributed by atoms with Crippen LogP contribution < -0.4 is 5.01 Å². The second-order valence-electron chi connectivity index (χ2n) is 2.32. The number of hydrogen-bond acceptors (Lipinski definition) is 2. The van der Waals surface area contributed by atoms with E-state index in [-0.39, 0.29) is 0 Å². The van der Waals surface area contributed by atoms with Crippen LogP contribution in [-0.2, 0) is 6.42 Å². The largest absolute Gasteiger partial charge is 0.314 e. The second kappa shape index (κ2) is 1.50. The Balaban J connectivity index is 2.49. The molecule has 2 rings (SSSR count). The molecule has 0 saturated heterocycles. The SMILES string of the molecule is CN1CCc2nccn21. The van der Waals surface area contributed by atoms with Crippen molar-refractivity contribution in [1.29, 1.82) is 0 Å². The van der Waals surface area contributed by atoms with Gasteiger partial charge in [0.25, 0.3) is 0 Å². The van der Waals surface area contributed by atoms with Crippen LogP contribution in [-0.4, -0.2) is 23.3 Å². The molecule has 0 radical (unpaired) electrons. The fourth-order valence-corrected chi connectivity index (χ4v) is 1.19. The Hall–Kier alpha value is -0.990. The zero-order valence-corrected chi connectivity index (χ0v) is 5.41. The highest BCUT2D eigenvalue weighted by Crippen LogP contribution is 2.06. The Labute approximate surface area is 53.9 Å². The van der Waals surface area contributed by atoms with Gasteiger partial charge < -0.3 is 5.01 Å². The fraction of sp³-hybridized carbons (Fsp3) is 0.500. The first-order valence-electron chi connectivity index (χ1n) is 3.11. The lowest BCUT2D eigenvalue weighted by molar-refractivity contribution is 0.730. The predicted molar refractivity (Wildman–Crippen MR) is 34.9 cm³/mol. The van der Waals surface area contributed by atoms with Crippen molar-refractivity contribution in [3.05, 3.63) is 18.2 Å². The molecule has 1 aliphatic rings. The molecule has 3 heteroatoms. The topological polar surface area (TPSA) is 21.1 Å². The average molecular weight is 123 g/mol. The van der Waals surface area contributed by atoms with Crippen LogP contribution in [0, 0.1) is 0 Å². The Kier molecular flexibility index (Phi) is 0.806. The fourth-order valence-electron chi connectivity index (χ4n) is 1.19. The lowest BCUT2D eigenvalue weighted by Gasteiger charge is -2.11. The Morgan fingerprint density at radius 2 is 2.56 bits per heavy atom. The van der Waals surface area contributed by atoms with Crippen molar-refractivity contribution in [3.8, 4) is 0 Å². The van der Waals surface area contributed by atoms with E-state index in [1.54, 1.807) is 0 Å². The van der Waals surface area contributed by atoms with Gasteiger partial charge in [0.1, 0.15) is 5.82 Å². The normalized spacial score (nSPS) is 16.3. The van der Waals surface area contributed by atoms with Gasteiger partial charge in [-0.25, -0.2) is 9.66 Å². The van der Waals surface area contributed by atoms with E-state index in [0.717, 1.165) is 13.0 Å². The lowest BCUT2D eigenvalue weighted by Crippen LogP contribution is -2.24. The molecule has 3 nitrogen and oxygen atoms in total. The summed E-state index contributed by atoms with van der Waals surface area (Å²) < 4.78 is 2.08.